The monoisotopic (exact) mass is 402 g/mol. The molecule has 8 nitrogen and oxygen atoms in total. The molecule has 0 radical (unpaired) electrons. The van der Waals surface area contributed by atoms with Crippen LogP contribution < -0.4 is 4.90 Å². The first-order valence-electron chi connectivity index (χ1n) is 10.4. The van der Waals surface area contributed by atoms with Crippen LogP contribution in [0.3, 0.4) is 0 Å². The lowest BCUT2D eigenvalue weighted by atomic mass is 9.85. The van der Waals surface area contributed by atoms with Gasteiger partial charge in [-0.05, 0) is 44.7 Å². The van der Waals surface area contributed by atoms with E-state index in [9.17, 15) is 0 Å². The first-order valence-corrected chi connectivity index (χ1v) is 10.4. The number of hydrogen-bond acceptors (Lipinski definition) is 6. The highest BCUT2D eigenvalue weighted by Crippen LogP contribution is 2.30. The lowest BCUT2D eigenvalue weighted by Crippen LogP contribution is -2.50. The number of aromatic amines is 1. The normalized spacial score (nSPS) is 15.5. The van der Waals surface area contributed by atoms with Crippen LogP contribution in [0.15, 0.2) is 30.3 Å². The minimum Gasteiger partial charge on any atom is -0.356 e. The van der Waals surface area contributed by atoms with Crippen molar-refractivity contribution in [1.29, 1.82) is 0 Å². The van der Waals surface area contributed by atoms with Crippen LogP contribution in [0, 0.1) is 32.6 Å². The van der Waals surface area contributed by atoms with Gasteiger partial charge in [0.15, 0.2) is 5.82 Å². The fraction of sp³-hybridized carbons (Fsp3) is 0.409. The molecular formula is C22H26N8. The molecule has 0 amide bonds. The van der Waals surface area contributed by atoms with Gasteiger partial charge in [0.1, 0.15) is 29.1 Å². The molecule has 30 heavy (non-hydrogen) atoms. The van der Waals surface area contributed by atoms with Crippen LogP contribution >= 0.6 is 0 Å². The van der Waals surface area contributed by atoms with Crippen molar-refractivity contribution in [2.75, 3.05) is 18.0 Å². The Bertz CT molecular complexity index is 1170. The zero-order valence-electron chi connectivity index (χ0n) is 17.8. The summed E-state index contributed by atoms with van der Waals surface area (Å²) in [5.74, 6) is 6.28. The van der Waals surface area contributed by atoms with E-state index in [1.165, 1.54) is 0 Å². The molecule has 0 saturated carbocycles. The topological polar surface area (TPSA) is 88.4 Å². The molecule has 1 atom stereocenters. The fourth-order valence-electron chi connectivity index (χ4n) is 4.18. The van der Waals surface area contributed by atoms with Gasteiger partial charge < -0.3 is 9.88 Å². The molecule has 154 valence electrons. The molecule has 5 rings (SSSR count). The third-order valence-corrected chi connectivity index (χ3v) is 5.90. The molecule has 0 aliphatic carbocycles. The summed E-state index contributed by atoms with van der Waals surface area (Å²) >= 11 is 0. The summed E-state index contributed by atoms with van der Waals surface area (Å²) in [5, 5.41) is 4.46. The zero-order chi connectivity index (χ0) is 20.8. The number of hydrogen-bond donors (Lipinski definition) is 1. The summed E-state index contributed by atoms with van der Waals surface area (Å²) in [6, 6.07) is 10.2. The number of fused-ring (bicyclic) bond motifs is 1. The Morgan fingerprint density at radius 2 is 1.77 bits per heavy atom. The van der Waals surface area contributed by atoms with Crippen LogP contribution in [0.2, 0.25) is 0 Å². The van der Waals surface area contributed by atoms with E-state index in [2.05, 4.69) is 49.0 Å². The predicted molar refractivity (Wildman–Crippen MR) is 116 cm³/mol. The van der Waals surface area contributed by atoms with Crippen LogP contribution in [0.5, 0.6) is 0 Å². The number of para-hydroxylation sites is 2. The Hall–Kier alpha value is -3.29. The molecule has 1 saturated heterocycles. The van der Waals surface area contributed by atoms with E-state index in [0.29, 0.717) is 11.8 Å². The minimum absolute atomic E-state index is 0.546. The molecule has 1 aromatic carbocycles. The Morgan fingerprint density at radius 1 is 1.00 bits per heavy atom. The van der Waals surface area contributed by atoms with E-state index in [1.54, 1.807) is 4.68 Å². The van der Waals surface area contributed by atoms with Gasteiger partial charge in [-0.2, -0.15) is 4.68 Å². The highest BCUT2D eigenvalue weighted by molar-refractivity contribution is 5.74. The molecular weight excluding hydrogens is 376 g/mol. The fourth-order valence-corrected chi connectivity index (χ4v) is 4.18. The summed E-state index contributed by atoms with van der Waals surface area (Å²) in [4.78, 5) is 24.1. The van der Waals surface area contributed by atoms with Crippen molar-refractivity contribution >= 4 is 16.9 Å². The van der Waals surface area contributed by atoms with Gasteiger partial charge in [0.05, 0.1) is 11.0 Å². The lowest BCUT2D eigenvalue weighted by molar-refractivity contribution is 0.284. The molecule has 1 aliphatic rings. The molecule has 0 bridgehead atoms. The number of benzene rings is 1. The van der Waals surface area contributed by atoms with Gasteiger partial charge in [-0.1, -0.05) is 19.1 Å². The van der Waals surface area contributed by atoms with E-state index in [-0.39, 0.29) is 0 Å². The molecule has 4 aromatic rings. The quantitative estimate of drug-likeness (QED) is 0.552. The third-order valence-electron chi connectivity index (χ3n) is 5.90. The second-order valence-electron chi connectivity index (χ2n) is 8.30. The molecule has 3 aromatic heterocycles. The number of rotatable bonds is 5. The highest BCUT2D eigenvalue weighted by atomic mass is 15.4. The van der Waals surface area contributed by atoms with Crippen LogP contribution in [0.25, 0.3) is 16.9 Å². The summed E-state index contributed by atoms with van der Waals surface area (Å²) < 4.78 is 1.79. The number of nitrogens with zero attached hydrogens (tertiary/aromatic N) is 7. The summed E-state index contributed by atoms with van der Waals surface area (Å²) in [6.45, 7) is 10.1. The second kappa shape index (κ2) is 7.19. The summed E-state index contributed by atoms with van der Waals surface area (Å²) in [5.41, 5.74) is 2.15. The standard InChI is InChI=1S/C22H26N8/c1-13(9-20-26-18-7-5-6-8-19(18)27-20)17-11-29(12-17)21-10-22(25-14(2)24-21)30-16(4)23-15(3)28-30/h5-8,10,13,17H,9,11-12H2,1-4H3,(H,26,27). The van der Waals surface area contributed by atoms with Crippen molar-refractivity contribution in [3.05, 3.63) is 53.6 Å². The van der Waals surface area contributed by atoms with E-state index in [4.69, 9.17) is 4.98 Å². The van der Waals surface area contributed by atoms with Gasteiger partial charge in [-0.25, -0.2) is 19.9 Å². The SMILES string of the molecule is Cc1nc(N2CC(C(C)Cc3nc4ccccc4[nH]3)C2)cc(-n2nc(C)nc2C)n1. The third kappa shape index (κ3) is 3.42. The number of anilines is 1. The summed E-state index contributed by atoms with van der Waals surface area (Å²) in [7, 11) is 0. The molecule has 1 unspecified atom stereocenters. The van der Waals surface area contributed by atoms with Crippen LogP contribution in [0.4, 0.5) is 5.82 Å². The van der Waals surface area contributed by atoms with Gasteiger partial charge in [-0.3, -0.25) is 0 Å². The van der Waals surface area contributed by atoms with Crippen molar-refractivity contribution in [3.8, 4) is 5.82 Å². The van der Waals surface area contributed by atoms with Crippen LogP contribution in [-0.4, -0.2) is 47.8 Å². The van der Waals surface area contributed by atoms with Crippen LogP contribution in [-0.2, 0) is 6.42 Å². The van der Waals surface area contributed by atoms with Crippen molar-refractivity contribution in [1.82, 2.24) is 34.7 Å². The van der Waals surface area contributed by atoms with Gasteiger partial charge >= 0.3 is 0 Å². The van der Waals surface area contributed by atoms with Crippen molar-refractivity contribution in [2.24, 2.45) is 11.8 Å². The largest absolute Gasteiger partial charge is 0.356 e. The number of H-pyrrole nitrogens is 1. The second-order valence-corrected chi connectivity index (χ2v) is 8.30. The summed E-state index contributed by atoms with van der Waals surface area (Å²) in [6.07, 6.45) is 0.957. The molecule has 1 aliphatic heterocycles. The van der Waals surface area contributed by atoms with Gasteiger partial charge in [0, 0.05) is 25.6 Å². The van der Waals surface area contributed by atoms with Crippen molar-refractivity contribution < 1.29 is 0 Å². The van der Waals surface area contributed by atoms with Crippen molar-refractivity contribution in [2.45, 2.75) is 34.1 Å². The van der Waals surface area contributed by atoms with Crippen molar-refractivity contribution in [3.63, 3.8) is 0 Å². The molecule has 4 heterocycles. The maximum absolute atomic E-state index is 4.73. The van der Waals surface area contributed by atoms with E-state index in [1.807, 2.05) is 39.0 Å². The molecule has 8 heteroatoms. The van der Waals surface area contributed by atoms with Crippen LogP contribution in [0.1, 0.15) is 30.2 Å². The van der Waals surface area contributed by atoms with Gasteiger partial charge in [0.2, 0.25) is 0 Å². The van der Waals surface area contributed by atoms with Gasteiger partial charge in [-0.15, -0.1) is 5.10 Å². The Kier molecular flexibility index (Phi) is 4.49. The zero-order valence-corrected chi connectivity index (χ0v) is 17.8. The smallest absolute Gasteiger partial charge is 0.161 e. The molecule has 0 spiro atoms. The number of imidazole rings is 1. The Balaban J connectivity index is 1.27. The lowest BCUT2D eigenvalue weighted by Gasteiger charge is -2.43. The maximum Gasteiger partial charge on any atom is 0.161 e. The first-order chi connectivity index (χ1) is 14.5. The Morgan fingerprint density at radius 3 is 2.50 bits per heavy atom. The van der Waals surface area contributed by atoms with E-state index < -0.39 is 0 Å². The maximum atomic E-state index is 4.73. The Labute approximate surface area is 175 Å². The number of aryl methyl sites for hydroxylation is 3. The minimum atomic E-state index is 0.546. The van der Waals surface area contributed by atoms with E-state index >= 15 is 0 Å². The number of aromatic nitrogens is 7. The highest BCUT2D eigenvalue weighted by Gasteiger charge is 2.33. The average molecular weight is 403 g/mol. The predicted octanol–water partition coefficient (Wildman–Crippen LogP) is 3.17. The molecule has 1 fully saturated rings. The van der Waals surface area contributed by atoms with Gasteiger partial charge in [0.25, 0.3) is 0 Å². The average Bonchev–Trinajstić information content (AvgIpc) is 3.21. The first kappa shape index (κ1) is 18.7. The molecule has 1 N–H and O–H groups in total. The van der Waals surface area contributed by atoms with E-state index in [0.717, 1.165) is 65.5 Å². The number of nitrogens with one attached hydrogen (secondary N) is 1.